The zero-order valence-corrected chi connectivity index (χ0v) is 13.2. The van der Waals surface area contributed by atoms with E-state index in [0.717, 1.165) is 12.1 Å². The predicted molar refractivity (Wildman–Crippen MR) is 78.3 cm³/mol. The van der Waals surface area contributed by atoms with Crippen molar-refractivity contribution in [1.29, 1.82) is 0 Å². The molecule has 2 atom stereocenters. The van der Waals surface area contributed by atoms with E-state index in [9.17, 15) is 22.9 Å². The normalized spacial score (nSPS) is 24.0. The lowest BCUT2D eigenvalue weighted by molar-refractivity contribution is -0.387. The van der Waals surface area contributed by atoms with Gasteiger partial charge in [-0.05, 0) is 13.0 Å². The lowest BCUT2D eigenvalue weighted by Gasteiger charge is -2.36. The molecule has 2 unspecified atom stereocenters. The number of sulfonamides is 1. The van der Waals surface area contributed by atoms with Crippen LogP contribution in [0.3, 0.4) is 0 Å². The van der Waals surface area contributed by atoms with Gasteiger partial charge in [-0.25, -0.2) is 8.42 Å². The molecule has 9 heteroatoms. The first-order valence-electron chi connectivity index (χ1n) is 6.32. The van der Waals surface area contributed by atoms with Gasteiger partial charge in [-0.2, -0.15) is 20.5 Å². The molecule has 0 aliphatic carbocycles. The van der Waals surface area contributed by atoms with Gasteiger partial charge in [0.15, 0.2) is 0 Å². The van der Waals surface area contributed by atoms with Gasteiger partial charge in [0.05, 0.1) is 9.82 Å². The van der Waals surface area contributed by atoms with Crippen molar-refractivity contribution in [1.82, 2.24) is 4.31 Å². The molecule has 1 saturated heterocycles. The van der Waals surface area contributed by atoms with Gasteiger partial charge in [0, 0.05) is 35.7 Å². The molecule has 0 spiro atoms. The fraction of sp³-hybridized carbons (Fsp3) is 0.500. The lowest BCUT2D eigenvalue weighted by Crippen LogP contribution is -2.47. The van der Waals surface area contributed by atoms with Crippen molar-refractivity contribution >= 4 is 27.5 Å². The van der Waals surface area contributed by atoms with Crippen molar-refractivity contribution in [3.05, 3.63) is 34.1 Å². The van der Waals surface area contributed by atoms with Crippen LogP contribution in [0.4, 0.5) is 10.1 Å². The van der Waals surface area contributed by atoms with Crippen molar-refractivity contribution in [2.45, 2.75) is 30.0 Å². The fourth-order valence-electron chi connectivity index (χ4n) is 2.18. The number of nitrogens with zero attached hydrogens (tertiary/aromatic N) is 2. The summed E-state index contributed by atoms with van der Waals surface area (Å²) in [4.78, 5) is 9.45. The van der Waals surface area contributed by atoms with Crippen LogP contribution in [-0.2, 0) is 10.0 Å². The first kappa shape index (κ1) is 16.2. The number of nitro groups is 1. The first-order valence-corrected chi connectivity index (χ1v) is 8.81. The van der Waals surface area contributed by atoms with Crippen LogP contribution < -0.4 is 0 Å². The monoisotopic (exact) mass is 334 g/mol. The van der Waals surface area contributed by atoms with Crippen molar-refractivity contribution in [2.75, 3.05) is 12.3 Å². The van der Waals surface area contributed by atoms with Gasteiger partial charge in [-0.15, -0.1) is 0 Å². The van der Waals surface area contributed by atoms with E-state index in [4.69, 9.17) is 0 Å². The quantitative estimate of drug-likeness (QED) is 0.625. The minimum Gasteiger partial charge on any atom is -0.258 e. The van der Waals surface area contributed by atoms with Gasteiger partial charge in [-0.3, -0.25) is 10.1 Å². The van der Waals surface area contributed by atoms with E-state index in [1.807, 2.05) is 6.92 Å². The summed E-state index contributed by atoms with van der Waals surface area (Å²) in [6.07, 6.45) is 0. The van der Waals surface area contributed by atoms with Crippen LogP contribution in [0.15, 0.2) is 23.1 Å². The van der Waals surface area contributed by atoms with E-state index in [0.29, 0.717) is 18.4 Å². The SMILES string of the molecule is CC1SCCN(S(=O)(=O)c2ccc([N+](=O)[O-])c(F)c2)C1C. The van der Waals surface area contributed by atoms with Crippen molar-refractivity contribution in [2.24, 2.45) is 0 Å². The summed E-state index contributed by atoms with van der Waals surface area (Å²) >= 11 is 1.68. The largest absolute Gasteiger partial charge is 0.304 e. The van der Waals surface area contributed by atoms with Gasteiger partial charge in [0.2, 0.25) is 15.8 Å². The number of benzene rings is 1. The predicted octanol–water partition coefficient (Wildman–Crippen LogP) is 2.25. The third-order valence-corrected chi connectivity index (χ3v) is 6.87. The standard InChI is InChI=1S/C12H15FN2O4S2/c1-8-9(2)20-6-5-14(8)21(18,19)10-3-4-12(15(16)17)11(13)7-10/h3-4,7-9H,5-6H2,1-2H3. The second-order valence-corrected chi connectivity index (χ2v) is 8.18. The van der Waals surface area contributed by atoms with E-state index >= 15 is 0 Å². The Hall–Kier alpha value is -1.19. The number of thioether (sulfide) groups is 1. The molecule has 6 nitrogen and oxygen atoms in total. The van der Waals surface area contributed by atoms with Crippen LogP contribution in [-0.4, -0.2) is 41.2 Å². The van der Waals surface area contributed by atoms with E-state index in [1.165, 1.54) is 4.31 Å². The van der Waals surface area contributed by atoms with E-state index in [-0.39, 0.29) is 16.2 Å². The number of halogens is 1. The van der Waals surface area contributed by atoms with E-state index < -0.39 is 26.5 Å². The Labute approximate surface area is 126 Å². The van der Waals surface area contributed by atoms with Gasteiger partial charge in [0.1, 0.15) is 0 Å². The number of nitro benzene ring substituents is 1. The third kappa shape index (κ3) is 3.04. The van der Waals surface area contributed by atoms with Gasteiger partial charge < -0.3 is 0 Å². The highest BCUT2D eigenvalue weighted by Crippen LogP contribution is 2.30. The summed E-state index contributed by atoms with van der Waals surface area (Å²) < 4.78 is 40.1. The Morgan fingerprint density at radius 3 is 2.67 bits per heavy atom. The smallest absolute Gasteiger partial charge is 0.258 e. The Morgan fingerprint density at radius 2 is 2.10 bits per heavy atom. The highest BCUT2D eigenvalue weighted by molar-refractivity contribution is 8.00. The van der Waals surface area contributed by atoms with Crippen molar-refractivity contribution in [3.63, 3.8) is 0 Å². The zero-order valence-electron chi connectivity index (χ0n) is 11.5. The molecule has 2 rings (SSSR count). The maximum atomic E-state index is 13.6. The molecule has 1 fully saturated rings. The molecule has 0 radical (unpaired) electrons. The molecule has 0 saturated carbocycles. The molecule has 21 heavy (non-hydrogen) atoms. The Kier molecular flexibility index (Phi) is 4.54. The Bertz CT molecular complexity index is 665. The zero-order chi connectivity index (χ0) is 15.8. The number of hydrogen-bond donors (Lipinski definition) is 0. The first-order chi connectivity index (χ1) is 9.75. The average Bonchev–Trinajstić information content (AvgIpc) is 2.41. The molecule has 116 valence electrons. The molecule has 0 bridgehead atoms. The molecule has 1 aliphatic heterocycles. The van der Waals surface area contributed by atoms with Crippen LogP contribution in [0.1, 0.15) is 13.8 Å². The van der Waals surface area contributed by atoms with Crippen LogP contribution >= 0.6 is 11.8 Å². The Balaban J connectivity index is 2.40. The fourth-order valence-corrected chi connectivity index (χ4v) is 5.18. The third-order valence-electron chi connectivity index (χ3n) is 3.55. The number of hydrogen-bond acceptors (Lipinski definition) is 5. The summed E-state index contributed by atoms with van der Waals surface area (Å²) in [6.45, 7) is 4.08. The summed E-state index contributed by atoms with van der Waals surface area (Å²) in [6, 6.07) is 2.46. The van der Waals surface area contributed by atoms with Crippen molar-refractivity contribution in [3.8, 4) is 0 Å². The maximum absolute atomic E-state index is 13.6. The van der Waals surface area contributed by atoms with Gasteiger partial charge >= 0.3 is 5.69 Å². The van der Waals surface area contributed by atoms with E-state index in [2.05, 4.69) is 0 Å². The second-order valence-electron chi connectivity index (χ2n) is 4.80. The number of rotatable bonds is 3. The van der Waals surface area contributed by atoms with Crippen LogP contribution in [0, 0.1) is 15.9 Å². The van der Waals surface area contributed by atoms with Gasteiger partial charge in [0.25, 0.3) is 0 Å². The van der Waals surface area contributed by atoms with Crippen LogP contribution in [0.2, 0.25) is 0 Å². The van der Waals surface area contributed by atoms with E-state index in [1.54, 1.807) is 18.7 Å². The summed E-state index contributed by atoms with van der Waals surface area (Å²) in [5, 5.41) is 10.7. The molecule has 0 amide bonds. The van der Waals surface area contributed by atoms with Crippen molar-refractivity contribution < 1.29 is 17.7 Å². The second kappa shape index (κ2) is 5.90. The maximum Gasteiger partial charge on any atom is 0.304 e. The highest BCUT2D eigenvalue weighted by atomic mass is 32.2. The minimum atomic E-state index is -3.85. The molecule has 0 aromatic heterocycles. The summed E-state index contributed by atoms with van der Waals surface area (Å²) in [5.41, 5.74) is -0.732. The molecular weight excluding hydrogens is 319 g/mol. The van der Waals surface area contributed by atoms with Gasteiger partial charge in [-0.1, -0.05) is 6.92 Å². The average molecular weight is 334 g/mol. The topological polar surface area (TPSA) is 80.5 Å². The molecule has 1 aromatic rings. The summed E-state index contributed by atoms with van der Waals surface area (Å²) in [5.74, 6) is -0.478. The van der Waals surface area contributed by atoms with Crippen LogP contribution in [0.25, 0.3) is 0 Å². The lowest BCUT2D eigenvalue weighted by atomic mass is 10.2. The molecule has 1 aliphatic rings. The Morgan fingerprint density at radius 1 is 1.43 bits per heavy atom. The summed E-state index contributed by atoms with van der Waals surface area (Å²) in [7, 11) is -3.85. The molecule has 0 N–H and O–H groups in total. The molecule has 1 aromatic carbocycles. The van der Waals surface area contributed by atoms with Crippen LogP contribution in [0.5, 0.6) is 0 Å². The molecular formula is C12H15FN2O4S2. The minimum absolute atomic E-state index is 0.136. The molecule has 1 heterocycles. The highest BCUT2D eigenvalue weighted by Gasteiger charge is 2.35.